The number of nitrogens with one attached hydrogen (secondary N) is 1. The molecule has 2 amide bonds. The van der Waals surface area contributed by atoms with Crippen LogP contribution < -0.4 is 16.0 Å². The van der Waals surface area contributed by atoms with E-state index >= 15 is 0 Å². The quantitative estimate of drug-likeness (QED) is 0.270. The van der Waals surface area contributed by atoms with E-state index in [9.17, 15) is 9.59 Å². The predicted octanol–water partition coefficient (Wildman–Crippen LogP) is 4.67. The number of likely N-dealkylation sites (N-methyl/N-ethyl adjacent to an activating group) is 1. The van der Waals surface area contributed by atoms with Crippen LogP contribution in [0.5, 0.6) is 0 Å². The van der Waals surface area contributed by atoms with Crippen molar-refractivity contribution in [3.63, 3.8) is 0 Å². The first-order valence-electron chi connectivity index (χ1n) is 14.9. The second-order valence-electron chi connectivity index (χ2n) is 11.0. The van der Waals surface area contributed by atoms with Gasteiger partial charge >= 0.3 is 0 Å². The third-order valence-electron chi connectivity index (χ3n) is 7.78. The Balaban J connectivity index is 1.40. The highest BCUT2D eigenvalue weighted by Crippen LogP contribution is 2.33. The smallest absolute Gasteiger partial charge is 0.255 e. The molecule has 8 heteroatoms. The number of hydrogen-bond acceptors (Lipinski definition) is 6. The summed E-state index contributed by atoms with van der Waals surface area (Å²) in [4.78, 5) is 37.1. The van der Waals surface area contributed by atoms with Crippen LogP contribution in [0, 0.1) is 0 Å². The molecule has 0 unspecified atom stereocenters. The normalized spacial score (nSPS) is 13.5. The van der Waals surface area contributed by atoms with Crippen LogP contribution >= 0.6 is 0 Å². The van der Waals surface area contributed by atoms with E-state index in [0.717, 1.165) is 59.8 Å². The molecule has 2 heterocycles. The van der Waals surface area contributed by atoms with Crippen molar-refractivity contribution in [2.45, 2.75) is 19.4 Å². The van der Waals surface area contributed by atoms with Crippen LogP contribution in [0.2, 0.25) is 0 Å². The standard InChI is InChI=1S/C35H40N6O2/c1-39-18-20-40(21-19-39)33-14-13-30(24-32(33)38-34(42)23-27-8-3-2-4-9-27)29-11-5-10-28(22-29)26-41(17-7-15-36)35(43)31-12-6-16-37-25-31/h2-6,8-14,16,22,24-25H,7,15,17-21,23,26,36H2,1H3,(H,38,42). The third-order valence-corrected chi connectivity index (χ3v) is 7.78. The van der Waals surface area contributed by atoms with Gasteiger partial charge in [0.15, 0.2) is 0 Å². The molecule has 8 nitrogen and oxygen atoms in total. The molecular formula is C35H40N6O2. The van der Waals surface area contributed by atoms with Gasteiger partial charge in [-0.05, 0) is 72.6 Å². The van der Waals surface area contributed by atoms with Crippen molar-refractivity contribution >= 4 is 23.2 Å². The van der Waals surface area contributed by atoms with Crippen molar-refractivity contribution in [3.8, 4) is 11.1 Å². The minimum absolute atomic E-state index is 0.0445. The molecule has 0 saturated carbocycles. The van der Waals surface area contributed by atoms with E-state index in [2.05, 4.69) is 57.5 Å². The Morgan fingerprint density at radius 2 is 1.65 bits per heavy atom. The van der Waals surface area contributed by atoms with E-state index in [-0.39, 0.29) is 11.8 Å². The fourth-order valence-electron chi connectivity index (χ4n) is 5.39. The zero-order valence-electron chi connectivity index (χ0n) is 24.8. The molecule has 1 saturated heterocycles. The van der Waals surface area contributed by atoms with Gasteiger partial charge < -0.3 is 25.8 Å². The molecule has 1 aromatic heterocycles. The van der Waals surface area contributed by atoms with Gasteiger partial charge in [0.05, 0.1) is 23.4 Å². The lowest BCUT2D eigenvalue weighted by Gasteiger charge is -2.35. The molecule has 0 spiro atoms. The fraction of sp³-hybridized carbons (Fsp3) is 0.286. The Bertz CT molecular complexity index is 1500. The van der Waals surface area contributed by atoms with E-state index in [1.54, 1.807) is 24.5 Å². The summed E-state index contributed by atoms with van der Waals surface area (Å²) in [6.45, 7) is 5.27. The molecular weight excluding hydrogens is 536 g/mol. The topological polar surface area (TPSA) is 94.8 Å². The number of amides is 2. The van der Waals surface area contributed by atoms with E-state index in [1.165, 1.54) is 0 Å². The van der Waals surface area contributed by atoms with Gasteiger partial charge in [-0.15, -0.1) is 0 Å². The number of nitrogens with zero attached hydrogens (tertiary/aromatic N) is 4. The Hall–Kier alpha value is -4.53. The summed E-state index contributed by atoms with van der Waals surface area (Å²) in [5, 5.41) is 3.22. The number of piperazine rings is 1. The van der Waals surface area contributed by atoms with Gasteiger partial charge in [0.25, 0.3) is 5.91 Å². The lowest BCUT2D eigenvalue weighted by molar-refractivity contribution is -0.115. The van der Waals surface area contributed by atoms with Crippen molar-refractivity contribution in [2.75, 3.05) is 56.5 Å². The Labute approximate surface area is 254 Å². The molecule has 43 heavy (non-hydrogen) atoms. The number of carbonyl (C=O) groups excluding carboxylic acids is 2. The van der Waals surface area contributed by atoms with Gasteiger partial charge in [-0.2, -0.15) is 0 Å². The van der Waals surface area contributed by atoms with E-state index in [1.807, 2.05) is 47.4 Å². The summed E-state index contributed by atoms with van der Waals surface area (Å²) in [7, 11) is 2.14. The van der Waals surface area contributed by atoms with E-state index in [4.69, 9.17) is 5.73 Å². The highest BCUT2D eigenvalue weighted by molar-refractivity contribution is 5.97. The number of nitrogens with two attached hydrogens (primary N) is 1. The third kappa shape index (κ3) is 8.06. The van der Waals surface area contributed by atoms with Crippen LogP contribution in [0.15, 0.2) is 97.3 Å². The largest absolute Gasteiger partial charge is 0.367 e. The summed E-state index contributed by atoms with van der Waals surface area (Å²) >= 11 is 0. The van der Waals surface area contributed by atoms with Crippen LogP contribution in [0.3, 0.4) is 0 Å². The SMILES string of the molecule is CN1CCN(c2ccc(-c3cccc(CN(CCCN)C(=O)c4cccnc4)c3)cc2NC(=O)Cc2ccccc2)CC1. The van der Waals surface area contributed by atoms with E-state index in [0.29, 0.717) is 38.0 Å². The van der Waals surface area contributed by atoms with Gasteiger partial charge in [0.1, 0.15) is 0 Å². The van der Waals surface area contributed by atoms with Crippen LogP contribution in [0.4, 0.5) is 11.4 Å². The Morgan fingerprint density at radius 1 is 0.884 bits per heavy atom. The summed E-state index contributed by atoms with van der Waals surface area (Å²) < 4.78 is 0. The van der Waals surface area contributed by atoms with Crippen molar-refractivity contribution in [3.05, 3.63) is 114 Å². The molecule has 0 atom stereocenters. The molecule has 3 aromatic carbocycles. The number of carbonyl (C=O) groups is 2. The van der Waals surface area contributed by atoms with Gasteiger partial charge in [0, 0.05) is 51.7 Å². The Kier molecular flexibility index (Phi) is 10.2. The minimum atomic E-state index is -0.0631. The molecule has 1 fully saturated rings. The Morgan fingerprint density at radius 3 is 2.40 bits per heavy atom. The van der Waals surface area contributed by atoms with E-state index < -0.39 is 0 Å². The zero-order chi connectivity index (χ0) is 30.0. The monoisotopic (exact) mass is 576 g/mol. The highest BCUT2D eigenvalue weighted by Gasteiger charge is 2.20. The number of aromatic nitrogens is 1. The molecule has 222 valence electrons. The first-order chi connectivity index (χ1) is 21.0. The molecule has 3 N–H and O–H groups in total. The fourth-order valence-corrected chi connectivity index (χ4v) is 5.39. The average molecular weight is 577 g/mol. The molecule has 1 aliphatic heterocycles. The van der Waals surface area contributed by atoms with Gasteiger partial charge in [-0.1, -0.05) is 54.6 Å². The summed E-state index contributed by atoms with van der Waals surface area (Å²) in [5.74, 6) is -0.108. The first kappa shape index (κ1) is 29.9. The number of benzene rings is 3. The van der Waals surface area contributed by atoms with Gasteiger partial charge in [-0.25, -0.2) is 0 Å². The second-order valence-corrected chi connectivity index (χ2v) is 11.0. The number of pyridine rings is 1. The summed E-state index contributed by atoms with van der Waals surface area (Å²) in [6.07, 6.45) is 4.29. The van der Waals surface area contributed by atoms with Crippen molar-refractivity contribution in [2.24, 2.45) is 5.73 Å². The molecule has 5 rings (SSSR count). The molecule has 0 aliphatic carbocycles. The number of rotatable bonds is 11. The van der Waals surface area contributed by atoms with Crippen LogP contribution in [0.1, 0.15) is 27.9 Å². The molecule has 0 radical (unpaired) electrons. The van der Waals surface area contributed by atoms with Crippen molar-refractivity contribution in [1.82, 2.24) is 14.8 Å². The highest BCUT2D eigenvalue weighted by atomic mass is 16.2. The second kappa shape index (κ2) is 14.6. The molecule has 1 aliphatic rings. The maximum absolute atomic E-state index is 13.3. The average Bonchev–Trinajstić information content (AvgIpc) is 3.04. The number of anilines is 2. The van der Waals surface area contributed by atoms with Crippen LogP contribution in [-0.4, -0.2) is 72.9 Å². The van der Waals surface area contributed by atoms with Crippen LogP contribution in [0.25, 0.3) is 11.1 Å². The minimum Gasteiger partial charge on any atom is -0.367 e. The molecule has 0 bridgehead atoms. The summed E-state index contributed by atoms with van der Waals surface area (Å²) in [6, 6.07) is 27.9. The summed E-state index contributed by atoms with van der Waals surface area (Å²) in [5.41, 5.74) is 12.2. The van der Waals surface area contributed by atoms with Crippen molar-refractivity contribution < 1.29 is 9.59 Å². The number of hydrogen-bond donors (Lipinski definition) is 2. The molecule has 4 aromatic rings. The van der Waals surface area contributed by atoms with Gasteiger partial charge in [-0.3, -0.25) is 14.6 Å². The van der Waals surface area contributed by atoms with Crippen molar-refractivity contribution in [1.29, 1.82) is 0 Å². The zero-order valence-corrected chi connectivity index (χ0v) is 24.8. The first-order valence-corrected chi connectivity index (χ1v) is 14.9. The maximum atomic E-state index is 13.3. The predicted molar refractivity (Wildman–Crippen MR) is 173 cm³/mol. The maximum Gasteiger partial charge on any atom is 0.255 e. The van der Waals surface area contributed by atoms with Crippen LogP contribution in [-0.2, 0) is 17.8 Å². The van der Waals surface area contributed by atoms with Gasteiger partial charge in [0.2, 0.25) is 5.91 Å². The lowest BCUT2D eigenvalue weighted by atomic mass is 10.0. The lowest BCUT2D eigenvalue weighted by Crippen LogP contribution is -2.44.